The number of carboxylic acid groups (broad SMARTS) is 1. The molecule has 1 unspecified atom stereocenters. The first-order chi connectivity index (χ1) is 12.7. The van der Waals surface area contributed by atoms with Crippen molar-refractivity contribution in [3.8, 4) is 0 Å². The standard InChI is InChI=1S/C20H27N3O4/c1-20(2,3)12-11-15(19(26)27)22-17(24)10-6-9-16-21-14-8-5-4-7-13(14)18(25)23-16/h4-5,7-8,15H,6,9-12H2,1-3H3,(H,22,24)(H,26,27)(H,21,23,25). The lowest BCUT2D eigenvalue weighted by Crippen LogP contribution is -2.41. The summed E-state index contributed by atoms with van der Waals surface area (Å²) in [7, 11) is 0. The number of fused-ring (bicyclic) bond motifs is 1. The van der Waals surface area contributed by atoms with Gasteiger partial charge in [-0.25, -0.2) is 9.78 Å². The molecule has 0 aliphatic carbocycles. The van der Waals surface area contributed by atoms with E-state index in [0.717, 1.165) is 0 Å². The molecule has 146 valence electrons. The number of aromatic nitrogens is 2. The van der Waals surface area contributed by atoms with Gasteiger partial charge in [-0.2, -0.15) is 0 Å². The predicted molar refractivity (Wildman–Crippen MR) is 104 cm³/mol. The van der Waals surface area contributed by atoms with Crippen molar-refractivity contribution in [1.82, 2.24) is 15.3 Å². The van der Waals surface area contributed by atoms with Crippen molar-refractivity contribution in [2.75, 3.05) is 0 Å². The second-order valence-corrected chi connectivity index (χ2v) is 7.94. The lowest BCUT2D eigenvalue weighted by Gasteiger charge is -2.21. The molecule has 2 rings (SSSR count). The van der Waals surface area contributed by atoms with Crippen molar-refractivity contribution in [1.29, 1.82) is 0 Å². The Kier molecular flexibility index (Phi) is 6.71. The van der Waals surface area contributed by atoms with E-state index in [1.807, 2.05) is 26.8 Å². The maximum absolute atomic E-state index is 12.1. The van der Waals surface area contributed by atoms with E-state index in [1.54, 1.807) is 18.2 Å². The molecule has 3 N–H and O–H groups in total. The molecule has 0 saturated carbocycles. The Balaban J connectivity index is 1.88. The first-order valence-corrected chi connectivity index (χ1v) is 9.16. The fourth-order valence-electron chi connectivity index (χ4n) is 2.77. The number of carboxylic acids is 1. The molecule has 0 saturated heterocycles. The van der Waals surface area contributed by atoms with Crippen LogP contribution >= 0.6 is 0 Å². The van der Waals surface area contributed by atoms with Gasteiger partial charge in [0.15, 0.2) is 0 Å². The average Bonchev–Trinajstić information content (AvgIpc) is 2.57. The Hall–Kier alpha value is -2.70. The number of carbonyl (C=O) groups is 2. The van der Waals surface area contributed by atoms with Crippen molar-refractivity contribution in [3.63, 3.8) is 0 Å². The van der Waals surface area contributed by atoms with E-state index in [-0.39, 0.29) is 23.3 Å². The zero-order chi connectivity index (χ0) is 20.0. The molecule has 0 spiro atoms. The quantitative estimate of drug-likeness (QED) is 0.658. The number of aliphatic carboxylic acids is 1. The molecule has 7 heteroatoms. The van der Waals surface area contributed by atoms with Gasteiger partial charge in [-0.15, -0.1) is 0 Å². The number of hydrogen-bond donors (Lipinski definition) is 3. The van der Waals surface area contributed by atoms with Gasteiger partial charge in [0.25, 0.3) is 5.56 Å². The topological polar surface area (TPSA) is 112 Å². The largest absolute Gasteiger partial charge is 0.480 e. The highest BCUT2D eigenvalue weighted by atomic mass is 16.4. The number of amides is 1. The van der Waals surface area contributed by atoms with Crippen LogP contribution in [0.25, 0.3) is 10.9 Å². The van der Waals surface area contributed by atoms with Crippen molar-refractivity contribution in [3.05, 3.63) is 40.4 Å². The summed E-state index contributed by atoms with van der Waals surface area (Å²) < 4.78 is 0. The molecule has 2 aromatic rings. The van der Waals surface area contributed by atoms with Crippen molar-refractivity contribution >= 4 is 22.8 Å². The van der Waals surface area contributed by atoms with Crippen LogP contribution in [0.4, 0.5) is 0 Å². The lowest BCUT2D eigenvalue weighted by molar-refractivity contribution is -0.142. The van der Waals surface area contributed by atoms with E-state index in [4.69, 9.17) is 0 Å². The van der Waals surface area contributed by atoms with Crippen LogP contribution in [0.15, 0.2) is 29.1 Å². The third-order valence-electron chi connectivity index (χ3n) is 4.30. The smallest absolute Gasteiger partial charge is 0.326 e. The number of aryl methyl sites for hydroxylation is 1. The van der Waals surface area contributed by atoms with Crippen LogP contribution in [0.3, 0.4) is 0 Å². The molecule has 1 atom stereocenters. The maximum atomic E-state index is 12.1. The zero-order valence-corrected chi connectivity index (χ0v) is 16.0. The SMILES string of the molecule is CC(C)(C)CCC(NC(=O)CCCc1nc2ccccc2c(=O)[nH]1)C(=O)O. The highest BCUT2D eigenvalue weighted by Crippen LogP contribution is 2.21. The molecule has 7 nitrogen and oxygen atoms in total. The molecule has 0 radical (unpaired) electrons. The minimum atomic E-state index is -1.02. The molecule has 1 amide bonds. The number of carbonyl (C=O) groups excluding carboxylic acids is 1. The van der Waals surface area contributed by atoms with Crippen LogP contribution in [-0.2, 0) is 16.0 Å². The minimum Gasteiger partial charge on any atom is -0.480 e. The summed E-state index contributed by atoms with van der Waals surface area (Å²) in [5.41, 5.74) is 0.425. The molecule has 0 aliphatic heterocycles. The van der Waals surface area contributed by atoms with E-state index in [9.17, 15) is 19.5 Å². The third kappa shape index (κ3) is 6.51. The van der Waals surface area contributed by atoms with Crippen LogP contribution in [0.2, 0.25) is 0 Å². The van der Waals surface area contributed by atoms with Crippen LogP contribution in [-0.4, -0.2) is 33.0 Å². The Morgan fingerprint density at radius 3 is 2.63 bits per heavy atom. The number of nitrogens with one attached hydrogen (secondary N) is 2. The average molecular weight is 373 g/mol. The van der Waals surface area contributed by atoms with Gasteiger partial charge in [-0.1, -0.05) is 32.9 Å². The molecule has 1 heterocycles. The summed E-state index contributed by atoms with van der Waals surface area (Å²) in [6.07, 6.45) is 2.18. The summed E-state index contributed by atoms with van der Waals surface area (Å²) in [5, 5.41) is 12.4. The van der Waals surface area contributed by atoms with Gasteiger partial charge in [0.1, 0.15) is 11.9 Å². The highest BCUT2D eigenvalue weighted by Gasteiger charge is 2.22. The number of aromatic amines is 1. The van der Waals surface area contributed by atoms with Crippen LogP contribution in [0, 0.1) is 5.41 Å². The Labute approximate surface area is 158 Å². The normalized spacial score (nSPS) is 12.7. The predicted octanol–water partition coefficient (Wildman–Crippen LogP) is 2.64. The first kappa shape index (κ1) is 20.6. The number of benzene rings is 1. The zero-order valence-electron chi connectivity index (χ0n) is 16.0. The van der Waals surface area contributed by atoms with Gasteiger partial charge in [0.05, 0.1) is 10.9 Å². The van der Waals surface area contributed by atoms with Gasteiger partial charge >= 0.3 is 5.97 Å². The minimum absolute atomic E-state index is 0.00600. The van der Waals surface area contributed by atoms with Crippen molar-refractivity contribution in [2.24, 2.45) is 5.41 Å². The van der Waals surface area contributed by atoms with Gasteiger partial charge in [0.2, 0.25) is 5.91 Å². The lowest BCUT2D eigenvalue weighted by atomic mass is 9.88. The Morgan fingerprint density at radius 1 is 1.26 bits per heavy atom. The second kappa shape index (κ2) is 8.79. The fourth-order valence-corrected chi connectivity index (χ4v) is 2.77. The molecule has 0 aliphatic rings. The van der Waals surface area contributed by atoms with E-state index < -0.39 is 12.0 Å². The Bertz CT molecular complexity index is 867. The number of nitrogens with zero attached hydrogens (tertiary/aromatic N) is 1. The molecule has 1 aromatic carbocycles. The van der Waals surface area contributed by atoms with Crippen molar-refractivity contribution in [2.45, 2.75) is 58.9 Å². The van der Waals surface area contributed by atoms with E-state index in [2.05, 4.69) is 15.3 Å². The summed E-state index contributed by atoms with van der Waals surface area (Å²) in [6.45, 7) is 6.10. The molecular weight excluding hydrogens is 346 g/mol. The van der Waals surface area contributed by atoms with Gasteiger partial charge in [-0.05, 0) is 36.8 Å². The van der Waals surface area contributed by atoms with Crippen LogP contribution in [0.1, 0.15) is 52.3 Å². The number of para-hydroxylation sites is 1. The maximum Gasteiger partial charge on any atom is 0.326 e. The number of rotatable bonds is 8. The van der Waals surface area contributed by atoms with Gasteiger partial charge < -0.3 is 15.4 Å². The summed E-state index contributed by atoms with van der Waals surface area (Å²) in [6, 6.07) is 6.20. The molecule has 27 heavy (non-hydrogen) atoms. The molecular formula is C20H27N3O4. The number of hydrogen-bond acceptors (Lipinski definition) is 4. The highest BCUT2D eigenvalue weighted by molar-refractivity contribution is 5.83. The third-order valence-corrected chi connectivity index (χ3v) is 4.30. The fraction of sp³-hybridized carbons (Fsp3) is 0.500. The van der Waals surface area contributed by atoms with Crippen LogP contribution in [0.5, 0.6) is 0 Å². The molecule has 1 aromatic heterocycles. The number of H-pyrrole nitrogens is 1. The van der Waals surface area contributed by atoms with E-state index in [1.165, 1.54) is 0 Å². The van der Waals surface area contributed by atoms with E-state index in [0.29, 0.717) is 42.4 Å². The van der Waals surface area contributed by atoms with Gasteiger partial charge in [0, 0.05) is 12.8 Å². The first-order valence-electron chi connectivity index (χ1n) is 9.16. The summed E-state index contributed by atoms with van der Waals surface area (Å²) >= 11 is 0. The monoisotopic (exact) mass is 373 g/mol. The van der Waals surface area contributed by atoms with Crippen LogP contribution < -0.4 is 10.9 Å². The summed E-state index contributed by atoms with van der Waals surface area (Å²) in [4.78, 5) is 42.6. The van der Waals surface area contributed by atoms with E-state index >= 15 is 0 Å². The van der Waals surface area contributed by atoms with Crippen molar-refractivity contribution < 1.29 is 14.7 Å². The summed E-state index contributed by atoms with van der Waals surface area (Å²) in [5.74, 6) is -0.804. The Morgan fingerprint density at radius 2 is 1.96 bits per heavy atom. The molecule has 0 bridgehead atoms. The second-order valence-electron chi connectivity index (χ2n) is 7.94. The van der Waals surface area contributed by atoms with Gasteiger partial charge in [-0.3, -0.25) is 9.59 Å². The molecule has 0 fully saturated rings.